The Hall–Kier alpha value is -0.890. The Morgan fingerprint density at radius 2 is 1.95 bits per heavy atom. The van der Waals surface area contributed by atoms with Crippen LogP contribution in [0.2, 0.25) is 5.02 Å². The molecule has 21 heavy (non-hydrogen) atoms. The Labute approximate surface area is 132 Å². The molecule has 2 unspecified atom stereocenters. The quantitative estimate of drug-likeness (QED) is 0.512. The third kappa shape index (κ3) is 3.85. The van der Waals surface area contributed by atoms with Crippen LogP contribution in [-0.4, -0.2) is 24.8 Å². The van der Waals surface area contributed by atoms with Gasteiger partial charge in [-0.25, -0.2) is 13.1 Å². The normalized spacial score (nSPS) is 23.0. The predicted octanol–water partition coefficient (Wildman–Crippen LogP) is 3.08. The molecule has 1 fully saturated rings. The molecule has 1 aliphatic carbocycles. The predicted molar refractivity (Wildman–Crippen MR) is 80.3 cm³/mol. The second-order valence-corrected chi connectivity index (χ2v) is 7.55. The van der Waals surface area contributed by atoms with Crippen LogP contribution in [0.4, 0.5) is 5.69 Å². The molecule has 2 atom stereocenters. The first kappa shape index (κ1) is 16.5. The number of nitro benzene ring substituents is 1. The van der Waals surface area contributed by atoms with Crippen molar-refractivity contribution in [3.63, 3.8) is 0 Å². The molecule has 2 rings (SSSR count). The maximum Gasteiger partial charge on any atom is 0.271 e. The van der Waals surface area contributed by atoms with E-state index in [9.17, 15) is 18.5 Å². The Bertz CT molecular complexity index is 651. The van der Waals surface area contributed by atoms with Gasteiger partial charge in [-0.05, 0) is 18.9 Å². The molecule has 116 valence electrons. The number of nitrogens with one attached hydrogen (secondary N) is 1. The maximum atomic E-state index is 12.3. The highest BCUT2D eigenvalue weighted by Gasteiger charge is 2.29. The molecule has 0 heterocycles. The van der Waals surface area contributed by atoms with E-state index < -0.39 is 14.9 Å². The summed E-state index contributed by atoms with van der Waals surface area (Å²) in [6.07, 6.45) is 3.30. The highest BCUT2D eigenvalue weighted by molar-refractivity contribution is 7.89. The molecule has 1 aliphatic rings. The first-order chi connectivity index (χ1) is 9.81. The third-order valence-corrected chi connectivity index (χ3v) is 5.90. The van der Waals surface area contributed by atoms with Gasteiger partial charge in [-0.2, -0.15) is 0 Å². The lowest BCUT2D eigenvalue weighted by molar-refractivity contribution is -0.384. The number of alkyl halides is 1. The summed E-state index contributed by atoms with van der Waals surface area (Å²) in [5, 5.41) is 10.2. The van der Waals surface area contributed by atoms with Gasteiger partial charge in [0.05, 0.1) is 9.95 Å². The molecule has 1 saturated carbocycles. The van der Waals surface area contributed by atoms with Gasteiger partial charge < -0.3 is 0 Å². The molecule has 6 nitrogen and oxygen atoms in total. The van der Waals surface area contributed by atoms with Crippen molar-refractivity contribution in [2.75, 3.05) is 0 Å². The lowest BCUT2D eigenvalue weighted by Crippen LogP contribution is -2.42. The molecule has 9 heteroatoms. The van der Waals surface area contributed by atoms with Crippen LogP contribution in [0.3, 0.4) is 0 Å². The van der Waals surface area contributed by atoms with Crippen molar-refractivity contribution in [1.82, 2.24) is 4.72 Å². The summed E-state index contributed by atoms with van der Waals surface area (Å²) in [5.74, 6) is 0. The minimum Gasteiger partial charge on any atom is -0.258 e. The van der Waals surface area contributed by atoms with Crippen molar-refractivity contribution in [3.8, 4) is 0 Å². The van der Waals surface area contributed by atoms with Gasteiger partial charge in [0.1, 0.15) is 4.90 Å². The number of benzene rings is 1. The maximum absolute atomic E-state index is 12.3. The van der Waals surface area contributed by atoms with Crippen LogP contribution in [0.15, 0.2) is 23.1 Å². The fourth-order valence-corrected chi connectivity index (χ4v) is 4.57. The van der Waals surface area contributed by atoms with Gasteiger partial charge in [0.25, 0.3) is 5.69 Å². The van der Waals surface area contributed by atoms with Gasteiger partial charge >= 0.3 is 0 Å². The van der Waals surface area contributed by atoms with E-state index >= 15 is 0 Å². The summed E-state index contributed by atoms with van der Waals surface area (Å²) in [6.45, 7) is 0. The second-order valence-electron chi connectivity index (χ2n) is 4.90. The van der Waals surface area contributed by atoms with Gasteiger partial charge in [0.2, 0.25) is 10.0 Å². The lowest BCUT2D eigenvalue weighted by Gasteiger charge is -2.27. The van der Waals surface area contributed by atoms with Crippen LogP contribution in [-0.2, 0) is 10.0 Å². The van der Waals surface area contributed by atoms with E-state index in [2.05, 4.69) is 4.72 Å². The molecule has 1 N–H and O–H groups in total. The Balaban J connectivity index is 2.25. The van der Waals surface area contributed by atoms with E-state index in [1.165, 1.54) is 0 Å². The van der Waals surface area contributed by atoms with E-state index in [-0.39, 0.29) is 27.0 Å². The molecule has 0 radical (unpaired) electrons. The van der Waals surface area contributed by atoms with Crippen LogP contribution >= 0.6 is 23.2 Å². The smallest absolute Gasteiger partial charge is 0.258 e. The van der Waals surface area contributed by atoms with Gasteiger partial charge in [0.15, 0.2) is 0 Å². The van der Waals surface area contributed by atoms with Crippen molar-refractivity contribution in [3.05, 3.63) is 33.3 Å². The van der Waals surface area contributed by atoms with Crippen molar-refractivity contribution in [1.29, 1.82) is 0 Å². The summed E-state index contributed by atoms with van der Waals surface area (Å²) in [4.78, 5) is 9.83. The first-order valence-electron chi connectivity index (χ1n) is 6.41. The second kappa shape index (κ2) is 6.48. The number of sulfonamides is 1. The van der Waals surface area contributed by atoms with E-state index in [1.807, 2.05) is 0 Å². The van der Waals surface area contributed by atoms with Crippen molar-refractivity contribution >= 4 is 38.9 Å². The molecule has 0 bridgehead atoms. The topological polar surface area (TPSA) is 89.3 Å². The Kier molecular flexibility index (Phi) is 5.08. The summed E-state index contributed by atoms with van der Waals surface area (Å²) < 4.78 is 27.2. The molecule has 0 saturated heterocycles. The molecular formula is C12H14Cl2N2O4S. The first-order valence-corrected chi connectivity index (χ1v) is 8.71. The summed E-state index contributed by atoms with van der Waals surface area (Å²) in [7, 11) is -3.85. The van der Waals surface area contributed by atoms with Gasteiger partial charge in [-0.15, -0.1) is 11.6 Å². The van der Waals surface area contributed by atoms with Crippen LogP contribution in [0.1, 0.15) is 25.7 Å². The fourth-order valence-electron chi connectivity index (χ4n) is 2.30. The zero-order valence-corrected chi connectivity index (χ0v) is 13.3. The molecule has 0 amide bonds. The van der Waals surface area contributed by atoms with E-state index in [4.69, 9.17) is 23.2 Å². The number of nitrogens with zero attached hydrogens (tertiary/aromatic N) is 1. The number of non-ortho nitro benzene ring substituents is 1. The standard InChI is InChI=1S/C12H14Cl2N2O4S/c13-9-3-1-2-4-11(9)15-21(19,20)12-6-5-8(16(17)18)7-10(12)14/h5-7,9,11,15H,1-4H2. The molecule has 0 aromatic heterocycles. The number of hydrogen-bond acceptors (Lipinski definition) is 4. The molecule has 1 aromatic carbocycles. The Morgan fingerprint density at radius 3 is 2.52 bits per heavy atom. The van der Waals surface area contributed by atoms with E-state index in [0.717, 1.165) is 37.5 Å². The summed E-state index contributed by atoms with van der Waals surface area (Å²) in [6, 6.07) is 2.92. The van der Waals surface area contributed by atoms with E-state index in [1.54, 1.807) is 0 Å². The van der Waals surface area contributed by atoms with Gasteiger partial charge in [-0.1, -0.05) is 24.4 Å². The van der Waals surface area contributed by atoms with Crippen molar-refractivity contribution in [2.24, 2.45) is 0 Å². The zero-order valence-electron chi connectivity index (χ0n) is 11.0. The minimum atomic E-state index is -3.85. The highest BCUT2D eigenvalue weighted by Crippen LogP contribution is 2.28. The van der Waals surface area contributed by atoms with E-state index in [0.29, 0.717) is 6.42 Å². The largest absolute Gasteiger partial charge is 0.271 e. The molecule has 1 aromatic rings. The molecule has 0 aliphatic heterocycles. The lowest BCUT2D eigenvalue weighted by atomic mass is 9.96. The van der Waals surface area contributed by atoms with Crippen molar-refractivity contribution in [2.45, 2.75) is 42.0 Å². The van der Waals surface area contributed by atoms with Crippen LogP contribution in [0.25, 0.3) is 0 Å². The number of hydrogen-bond donors (Lipinski definition) is 1. The SMILES string of the molecule is O=[N+]([O-])c1ccc(S(=O)(=O)NC2CCCCC2Cl)c(Cl)c1. The average molecular weight is 353 g/mol. The monoisotopic (exact) mass is 352 g/mol. The average Bonchev–Trinajstić information content (AvgIpc) is 2.40. The summed E-state index contributed by atoms with van der Waals surface area (Å²) in [5.41, 5.74) is -0.258. The third-order valence-electron chi connectivity index (χ3n) is 3.40. The van der Waals surface area contributed by atoms with Gasteiger partial charge in [0, 0.05) is 23.6 Å². The van der Waals surface area contributed by atoms with Crippen LogP contribution in [0, 0.1) is 10.1 Å². The molecule has 0 spiro atoms. The highest BCUT2D eigenvalue weighted by atomic mass is 35.5. The Morgan fingerprint density at radius 1 is 1.29 bits per heavy atom. The number of halogens is 2. The minimum absolute atomic E-state index is 0.177. The number of rotatable bonds is 4. The molecular weight excluding hydrogens is 339 g/mol. The van der Waals surface area contributed by atoms with Crippen LogP contribution in [0.5, 0.6) is 0 Å². The number of nitro groups is 1. The van der Waals surface area contributed by atoms with Gasteiger partial charge in [-0.3, -0.25) is 10.1 Å². The fraction of sp³-hybridized carbons (Fsp3) is 0.500. The summed E-state index contributed by atoms with van der Waals surface area (Å²) >= 11 is 12.0. The van der Waals surface area contributed by atoms with Crippen LogP contribution < -0.4 is 4.72 Å². The zero-order chi connectivity index (χ0) is 15.6. The van der Waals surface area contributed by atoms with Crippen molar-refractivity contribution < 1.29 is 13.3 Å².